The zero-order chi connectivity index (χ0) is 28.8. The van der Waals surface area contributed by atoms with Gasteiger partial charge in [-0.15, -0.1) is 11.3 Å². The van der Waals surface area contributed by atoms with Crippen molar-refractivity contribution >= 4 is 45.5 Å². The molecule has 0 fully saturated rings. The van der Waals surface area contributed by atoms with Gasteiger partial charge < -0.3 is 14.0 Å². The monoisotopic (exact) mass is 541 g/mol. The summed E-state index contributed by atoms with van der Waals surface area (Å²) in [5, 5.41) is 8.98. The lowest BCUT2D eigenvalue weighted by Gasteiger charge is -2.27. The quantitative estimate of drug-likeness (QED) is 0.315. The van der Waals surface area contributed by atoms with Crippen molar-refractivity contribution in [2.45, 2.75) is 86.4 Å². The molecule has 208 valence electrons. The summed E-state index contributed by atoms with van der Waals surface area (Å²) in [4.78, 5) is 26.0. The van der Waals surface area contributed by atoms with Gasteiger partial charge in [0.15, 0.2) is 5.78 Å². The number of fused-ring (bicyclic) bond motifs is 2. The first-order valence-corrected chi connectivity index (χ1v) is 14.0. The van der Waals surface area contributed by atoms with E-state index in [1.165, 1.54) is 5.01 Å². The number of thiophene rings is 1. The number of hydrazone groups is 1. The predicted octanol–water partition coefficient (Wildman–Crippen LogP) is 7.99. The molecule has 0 saturated heterocycles. The van der Waals surface area contributed by atoms with Gasteiger partial charge in [0.1, 0.15) is 5.60 Å². The Bertz CT molecular complexity index is 1290. The number of rotatable bonds is 3. The summed E-state index contributed by atoms with van der Waals surface area (Å²) in [7, 11) is 3.68. The van der Waals surface area contributed by atoms with Gasteiger partial charge in [0.25, 0.3) is 0 Å². The van der Waals surface area contributed by atoms with Crippen LogP contribution in [0.25, 0.3) is 10.9 Å². The molecule has 1 aromatic carbocycles. The van der Waals surface area contributed by atoms with Crippen LogP contribution in [-0.2, 0) is 22.9 Å². The van der Waals surface area contributed by atoms with Gasteiger partial charge in [-0.2, -0.15) is 10.1 Å². The van der Waals surface area contributed by atoms with Gasteiger partial charge in [-0.1, -0.05) is 20.8 Å². The van der Waals surface area contributed by atoms with Crippen molar-refractivity contribution in [1.29, 1.82) is 0 Å². The van der Waals surface area contributed by atoms with Crippen molar-refractivity contribution in [3.63, 3.8) is 0 Å². The van der Waals surface area contributed by atoms with Gasteiger partial charge >= 0.3 is 6.09 Å². The van der Waals surface area contributed by atoms with Crippen LogP contribution in [0.3, 0.4) is 0 Å². The van der Waals surface area contributed by atoms with Gasteiger partial charge in [0.05, 0.1) is 22.7 Å². The second-order valence-electron chi connectivity index (χ2n) is 10.7. The number of hydrogen-bond acceptors (Lipinski definition) is 6. The minimum absolute atomic E-state index is 0.0417. The number of nitrogens with zero attached hydrogens (tertiary/aromatic N) is 3. The number of aromatic nitrogens is 1. The molecule has 2 aromatic heterocycles. The molecule has 0 saturated carbocycles. The van der Waals surface area contributed by atoms with E-state index in [1.54, 1.807) is 18.4 Å². The van der Waals surface area contributed by atoms with Crippen molar-refractivity contribution in [3.05, 3.63) is 51.8 Å². The standard InChI is InChI=1S/C23H25N3O3S.C5H12O.C2H6/c1-6-20(27)14-7-8-17-15(11-14)12-19(25(17)5)16-13-21-18(9-10-30-21)26(24-16)22(28)29-23(2,3)4;1-5(2,3)6-4;1-2/h7-12H,6,13H2,1-5H3;1-4H3;1-2H3. The number of Topliss-reactive ketones (excluding diaryl/α,β-unsaturated/α-hetero) is 1. The number of methoxy groups -OCH3 is 1. The summed E-state index contributed by atoms with van der Waals surface area (Å²) >= 11 is 1.60. The maximum absolute atomic E-state index is 12.8. The maximum atomic E-state index is 12.8. The van der Waals surface area contributed by atoms with Crippen LogP contribution in [0.1, 0.15) is 89.7 Å². The van der Waals surface area contributed by atoms with Crippen LogP contribution in [0.2, 0.25) is 0 Å². The molecule has 38 heavy (non-hydrogen) atoms. The van der Waals surface area contributed by atoms with Crippen LogP contribution in [0, 0.1) is 0 Å². The Morgan fingerprint density at radius 2 is 1.66 bits per heavy atom. The van der Waals surface area contributed by atoms with Crippen molar-refractivity contribution in [2.24, 2.45) is 12.1 Å². The van der Waals surface area contributed by atoms with E-state index in [0.29, 0.717) is 18.4 Å². The van der Waals surface area contributed by atoms with Gasteiger partial charge in [-0.25, -0.2) is 4.79 Å². The summed E-state index contributed by atoms with van der Waals surface area (Å²) in [5.74, 6) is 0.122. The van der Waals surface area contributed by atoms with Crippen molar-refractivity contribution in [2.75, 3.05) is 12.1 Å². The zero-order valence-electron chi connectivity index (χ0n) is 24.8. The fraction of sp³-hybridized carbons (Fsp3) is 0.500. The van der Waals surface area contributed by atoms with E-state index in [-0.39, 0.29) is 11.4 Å². The number of anilines is 1. The van der Waals surface area contributed by atoms with Crippen LogP contribution in [-0.4, -0.2) is 40.5 Å². The molecule has 4 rings (SSSR count). The lowest BCUT2D eigenvalue weighted by molar-refractivity contribution is 0.0397. The van der Waals surface area contributed by atoms with Crippen molar-refractivity contribution in [3.8, 4) is 0 Å². The first-order chi connectivity index (χ1) is 17.7. The van der Waals surface area contributed by atoms with E-state index in [4.69, 9.17) is 9.47 Å². The highest BCUT2D eigenvalue weighted by Crippen LogP contribution is 2.34. The minimum Gasteiger partial charge on any atom is -0.442 e. The summed E-state index contributed by atoms with van der Waals surface area (Å²) in [5.41, 5.74) is 3.64. The highest BCUT2D eigenvalue weighted by Gasteiger charge is 2.30. The number of ketones is 1. The van der Waals surface area contributed by atoms with Crippen molar-refractivity contribution < 1.29 is 19.1 Å². The number of ether oxygens (including phenoxy) is 2. The topological polar surface area (TPSA) is 73.1 Å². The molecule has 7 nitrogen and oxygen atoms in total. The molecule has 1 aliphatic heterocycles. The maximum Gasteiger partial charge on any atom is 0.435 e. The number of hydrogen-bond donors (Lipinski definition) is 0. The van der Waals surface area contributed by atoms with Gasteiger partial charge in [0.2, 0.25) is 0 Å². The van der Waals surface area contributed by atoms with Crippen LogP contribution in [0.15, 0.2) is 40.8 Å². The Morgan fingerprint density at radius 1 is 1.03 bits per heavy atom. The zero-order valence-corrected chi connectivity index (χ0v) is 25.6. The normalized spacial score (nSPS) is 13.0. The summed E-state index contributed by atoms with van der Waals surface area (Å²) < 4.78 is 12.6. The molecule has 1 aliphatic rings. The molecule has 0 spiro atoms. The van der Waals surface area contributed by atoms with Crippen LogP contribution >= 0.6 is 11.3 Å². The van der Waals surface area contributed by atoms with E-state index in [0.717, 1.165) is 32.9 Å². The lowest BCUT2D eigenvalue weighted by Crippen LogP contribution is -2.36. The van der Waals surface area contributed by atoms with E-state index in [9.17, 15) is 9.59 Å². The number of carbonyl (C=O) groups is 2. The first kappa shape index (κ1) is 31.2. The highest BCUT2D eigenvalue weighted by atomic mass is 32.1. The van der Waals surface area contributed by atoms with E-state index in [1.807, 2.05) is 105 Å². The summed E-state index contributed by atoms with van der Waals surface area (Å²) in [6, 6.07) is 9.69. The Morgan fingerprint density at radius 3 is 2.21 bits per heavy atom. The van der Waals surface area contributed by atoms with E-state index >= 15 is 0 Å². The third-order valence-corrected chi connectivity index (χ3v) is 6.57. The van der Waals surface area contributed by atoms with Gasteiger partial charge in [-0.3, -0.25) is 4.79 Å². The predicted molar refractivity (Wildman–Crippen MR) is 159 cm³/mol. The Labute approximate surface area is 231 Å². The number of aryl methyl sites for hydroxylation is 1. The molecular weight excluding hydrogens is 498 g/mol. The lowest BCUT2D eigenvalue weighted by atomic mass is 10.1. The van der Waals surface area contributed by atoms with Crippen LogP contribution < -0.4 is 5.01 Å². The molecule has 3 heterocycles. The smallest absolute Gasteiger partial charge is 0.435 e. The third-order valence-electron chi connectivity index (χ3n) is 5.66. The largest absolute Gasteiger partial charge is 0.442 e. The molecule has 1 amide bonds. The number of amides is 1. The highest BCUT2D eigenvalue weighted by molar-refractivity contribution is 7.10. The third kappa shape index (κ3) is 7.77. The summed E-state index contributed by atoms with van der Waals surface area (Å²) in [6.45, 7) is 17.4. The number of benzene rings is 1. The Hall–Kier alpha value is -2.97. The molecule has 0 bridgehead atoms. The van der Waals surface area contributed by atoms with Crippen LogP contribution in [0.4, 0.5) is 10.5 Å². The first-order valence-electron chi connectivity index (χ1n) is 13.1. The second-order valence-corrected chi connectivity index (χ2v) is 11.7. The minimum atomic E-state index is -0.609. The molecule has 8 heteroatoms. The molecule has 0 aliphatic carbocycles. The van der Waals surface area contributed by atoms with E-state index < -0.39 is 11.7 Å². The molecule has 0 atom stereocenters. The summed E-state index contributed by atoms with van der Waals surface area (Å²) in [6.07, 6.45) is 0.620. The molecule has 3 aromatic rings. The Balaban J connectivity index is 0.000000560. The SMILES string of the molecule is CC.CCC(=O)c1ccc2c(c1)cc(C1=NN(C(=O)OC(C)(C)C)c3ccsc3C1)n2C.COC(C)(C)C. The average molecular weight is 542 g/mol. The fourth-order valence-electron chi connectivity index (χ4n) is 3.61. The van der Waals surface area contributed by atoms with E-state index in [2.05, 4.69) is 9.67 Å². The van der Waals surface area contributed by atoms with Gasteiger partial charge in [-0.05, 0) is 77.3 Å². The van der Waals surface area contributed by atoms with Gasteiger partial charge in [0, 0.05) is 48.3 Å². The molecule has 0 unspecified atom stereocenters. The van der Waals surface area contributed by atoms with Crippen molar-refractivity contribution in [1.82, 2.24) is 4.57 Å². The molecular formula is C30H43N3O4S. The molecule has 0 N–H and O–H groups in total. The fourth-order valence-corrected chi connectivity index (χ4v) is 4.46. The number of carbonyl (C=O) groups excluding carboxylic acids is 2. The second kappa shape index (κ2) is 12.7. The average Bonchev–Trinajstić information content (AvgIpc) is 3.47. The molecule has 0 radical (unpaired) electrons. The van der Waals surface area contributed by atoms with Crippen LogP contribution in [0.5, 0.6) is 0 Å². The Kier molecular flexibility index (Phi) is 10.5.